The molecule has 2 heterocycles. The lowest BCUT2D eigenvalue weighted by molar-refractivity contribution is -0.117. The van der Waals surface area contributed by atoms with Gasteiger partial charge in [0.05, 0.1) is 11.4 Å². The first-order valence-corrected chi connectivity index (χ1v) is 7.77. The second kappa shape index (κ2) is 5.98. The Morgan fingerprint density at radius 2 is 2.17 bits per heavy atom. The van der Waals surface area contributed by atoms with Crippen molar-refractivity contribution in [3.8, 4) is 11.4 Å². The zero-order chi connectivity index (χ0) is 16.5. The number of nitrogens with zero attached hydrogens (tertiary/aromatic N) is 3. The molecular formula is C17H13ClN4O2. The lowest BCUT2D eigenvalue weighted by Gasteiger charge is -2.14. The van der Waals surface area contributed by atoms with Gasteiger partial charge < -0.3 is 10.1 Å². The first-order chi connectivity index (χ1) is 11.7. The molecule has 2 aromatic carbocycles. The SMILES string of the molecule is O=C(Nc1cc(Cl)ccc1-n1cncn1)[C@@H]1COc2ccccc21. The van der Waals surface area contributed by atoms with Crippen LogP contribution in [0.2, 0.25) is 5.02 Å². The Bertz CT molecular complexity index is 895. The zero-order valence-corrected chi connectivity index (χ0v) is 13.3. The van der Waals surface area contributed by atoms with Gasteiger partial charge >= 0.3 is 0 Å². The van der Waals surface area contributed by atoms with Gasteiger partial charge in [-0.15, -0.1) is 0 Å². The average Bonchev–Trinajstić information content (AvgIpc) is 3.24. The van der Waals surface area contributed by atoms with Crippen molar-refractivity contribution >= 4 is 23.2 Å². The maximum absolute atomic E-state index is 12.7. The van der Waals surface area contributed by atoms with E-state index >= 15 is 0 Å². The Labute approximate surface area is 143 Å². The van der Waals surface area contributed by atoms with Gasteiger partial charge in [0.1, 0.15) is 30.9 Å². The van der Waals surface area contributed by atoms with Gasteiger partial charge in [0, 0.05) is 10.6 Å². The number of rotatable bonds is 3. The maximum Gasteiger partial charge on any atom is 0.235 e. The molecule has 3 aromatic rings. The van der Waals surface area contributed by atoms with E-state index in [1.54, 1.807) is 29.2 Å². The van der Waals surface area contributed by atoms with Gasteiger partial charge in [-0.2, -0.15) is 5.10 Å². The molecule has 120 valence electrons. The minimum atomic E-state index is -0.358. The van der Waals surface area contributed by atoms with Crippen LogP contribution in [0.4, 0.5) is 5.69 Å². The lowest BCUT2D eigenvalue weighted by atomic mass is 10.0. The van der Waals surface area contributed by atoms with E-state index in [1.165, 1.54) is 6.33 Å². The number of benzene rings is 2. The molecule has 1 amide bonds. The summed E-state index contributed by atoms with van der Waals surface area (Å²) in [5.74, 6) is 0.243. The van der Waals surface area contributed by atoms with Crippen LogP contribution in [-0.2, 0) is 4.79 Å². The smallest absolute Gasteiger partial charge is 0.235 e. The van der Waals surface area contributed by atoms with Crippen LogP contribution in [-0.4, -0.2) is 27.3 Å². The molecule has 0 saturated carbocycles. The number of para-hydroxylation sites is 1. The fourth-order valence-corrected chi connectivity index (χ4v) is 2.91. The number of hydrogen-bond acceptors (Lipinski definition) is 4. The van der Waals surface area contributed by atoms with E-state index in [0.717, 1.165) is 11.3 Å². The molecule has 4 rings (SSSR count). The minimum absolute atomic E-state index is 0.149. The third-order valence-electron chi connectivity index (χ3n) is 3.90. The highest BCUT2D eigenvalue weighted by Gasteiger charge is 2.30. The van der Waals surface area contributed by atoms with Gasteiger partial charge in [-0.1, -0.05) is 29.8 Å². The predicted molar refractivity (Wildman–Crippen MR) is 89.7 cm³/mol. The molecule has 0 aliphatic carbocycles. The summed E-state index contributed by atoms with van der Waals surface area (Å²) < 4.78 is 7.16. The Balaban J connectivity index is 1.64. The Hall–Kier alpha value is -2.86. The number of ether oxygens (including phenoxy) is 1. The first kappa shape index (κ1) is 14.7. The van der Waals surface area contributed by atoms with Crippen molar-refractivity contribution < 1.29 is 9.53 Å². The molecular weight excluding hydrogens is 328 g/mol. The van der Waals surface area contributed by atoms with Crippen LogP contribution in [0.5, 0.6) is 5.75 Å². The molecule has 24 heavy (non-hydrogen) atoms. The topological polar surface area (TPSA) is 69.0 Å². The first-order valence-electron chi connectivity index (χ1n) is 7.39. The zero-order valence-electron chi connectivity index (χ0n) is 12.5. The number of nitrogens with one attached hydrogen (secondary N) is 1. The molecule has 6 nitrogen and oxygen atoms in total. The quantitative estimate of drug-likeness (QED) is 0.795. The Kier molecular flexibility index (Phi) is 3.66. The van der Waals surface area contributed by atoms with E-state index in [2.05, 4.69) is 15.4 Å². The summed E-state index contributed by atoms with van der Waals surface area (Å²) >= 11 is 6.08. The largest absolute Gasteiger partial charge is 0.492 e. The summed E-state index contributed by atoms with van der Waals surface area (Å²) in [6.07, 6.45) is 2.99. The number of halogens is 1. The van der Waals surface area contributed by atoms with Crippen LogP contribution < -0.4 is 10.1 Å². The fourth-order valence-electron chi connectivity index (χ4n) is 2.74. The predicted octanol–water partition coefficient (Wildman–Crippen LogP) is 3.04. The number of hydrogen-bond donors (Lipinski definition) is 1. The monoisotopic (exact) mass is 340 g/mol. The molecule has 1 aromatic heterocycles. The van der Waals surface area contributed by atoms with Crippen molar-refractivity contribution in [3.63, 3.8) is 0 Å². The van der Waals surface area contributed by atoms with Gasteiger partial charge in [-0.25, -0.2) is 9.67 Å². The van der Waals surface area contributed by atoms with Crippen molar-refractivity contribution in [1.82, 2.24) is 14.8 Å². The minimum Gasteiger partial charge on any atom is -0.492 e. The van der Waals surface area contributed by atoms with Gasteiger partial charge in [0.25, 0.3) is 0 Å². The molecule has 1 N–H and O–H groups in total. The maximum atomic E-state index is 12.7. The number of carbonyl (C=O) groups is 1. The van der Waals surface area contributed by atoms with E-state index in [1.807, 2.05) is 24.3 Å². The second-order valence-corrected chi connectivity index (χ2v) is 5.83. The Morgan fingerprint density at radius 3 is 3.00 bits per heavy atom. The van der Waals surface area contributed by atoms with Crippen LogP contribution >= 0.6 is 11.6 Å². The van der Waals surface area contributed by atoms with E-state index in [9.17, 15) is 4.79 Å². The number of carbonyl (C=O) groups excluding carboxylic acids is 1. The number of aromatic nitrogens is 3. The summed E-state index contributed by atoms with van der Waals surface area (Å²) in [6.45, 7) is 0.324. The molecule has 1 aliphatic heterocycles. The van der Waals surface area contributed by atoms with Crippen LogP contribution in [0, 0.1) is 0 Å². The summed E-state index contributed by atoms with van der Waals surface area (Å²) in [5.41, 5.74) is 2.15. The van der Waals surface area contributed by atoms with Gasteiger partial charge in [-0.05, 0) is 24.3 Å². The van der Waals surface area contributed by atoms with E-state index < -0.39 is 0 Å². The van der Waals surface area contributed by atoms with Crippen molar-refractivity contribution in [2.75, 3.05) is 11.9 Å². The van der Waals surface area contributed by atoms with Crippen LogP contribution in [0.25, 0.3) is 5.69 Å². The number of amides is 1. The van der Waals surface area contributed by atoms with E-state index in [-0.39, 0.29) is 11.8 Å². The summed E-state index contributed by atoms with van der Waals surface area (Å²) in [7, 11) is 0. The molecule has 0 radical (unpaired) electrons. The highest BCUT2D eigenvalue weighted by molar-refractivity contribution is 6.31. The number of anilines is 1. The highest BCUT2D eigenvalue weighted by atomic mass is 35.5. The fraction of sp³-hybridized carbons (Fsp3) is 0.118. The standard InChI is InChI=1S/C17H13ClN4O2/c18-11-5-6-15(22-10-19-9-20-22)14(7-11)21-17(23)13-8-24-16-4-2-1-3-12(13)16/h1-7,9-10,13H,8H2,(H,21,23)/t13-/m1/s1. The van der Waals surface area contributed by atoms with Crippen molar-refractivity contribution in [1.29, 1.82) is 0 Å². The van der Waals surface area contributed by atoms with Crippen LogP contribution in [0.1, 0.15) is 11.5 Å². The van der Waals surface area contributed by atoms with Crippen molar-refractivity contribution in [3.05, 3.63) is 65.7 Å². The van der Waals surface area contributed by atoms with Crippen molar-refractivity contribution in [2.24, 2.45) is 0 Å². The van der Waals surface area contributed by atoms with Crippen LogP contribution in [0.3, 0.4) is 0 Å². The normalized spacial score (nSPS) is 15.6. The summed E-state index contributed by atoms with van der Waals surface area (Å²) in [5, 5.41) is 7.56. The third-order valence-corrected chi connectivity index (χ3v) is 4.13. The molecule has 0 spiro atoms. The molecule has 0 saturated heterocycles. The molecule has 0 bridgehead atoms. The highest BCUT2D eigenvalue weighted by Crippen LogP contribution is 2.34. The Morgan fingerprint density at radius 1 is 1.29 bits per heavy atom. The number of fused-ring (bicyclic) bond motifs is 1. The van der Waals surface area contributed by atoms with Gasteiger partial charge in [-0.3, -0.25) is 4.79 Å². The molecule has 1 atom stereocenters. The third kappa shape index (κ3) is 2.61. The average molecular weight is 341 g/mol. The molecule has 7 heteroatoms. The molecule has 0 unspecified atom stereocenters. The van der Waals surface area contributed by atoms with Crippen LogP contribution in [0.15, 0.2) is 55.1 Å². The molecule has 0 fully saturated rings. The van der Waals surface area contributed by atoms with Gasteiger partial charge in [0.2, 0.25) is 5.91 Å². The van der Waals surface area contributed by atoms with E-state index in [0.29, 0.717) is 23.0 Å². The van der Waals surface area contributed by atoms with Crippen molar-refractivity contribution in [2.45, 2.75) is 5.92 Å². The summed E-state index contributed by atoms with van der Waals surface area (Å²) in [6, 6.07) is 12.8. The second-order valence-electron chi connectivity index (χ2n) is 5.39. The molecule has 1 aliphatic rings. The summed E-state index contributed by atoms with van der Waals surface area (Å²) in [4.78, 5) is 16.7. The lowest BCUT2D eigenvalue weighted by Crippen LogP contribution is -2.23. The van der Waals surface area contributed by atoms with E-state index in [4.69, 9.17) is 16.3 Å². The van der Waals surface area contributed by atoms with Gasteiger partial charge in [0.15, 0.2) is 0 Å².